The van der Waals surface area contributed by atoms with Gasteiger partial charge in [0.05, 0.1) is 4.83 Å². The molecule has 0 saturated carbocycles. The summed E-state index contributed by atoms with van der Waals surface area (Å²) < 4.78 is 0. The standard InChI is InChI=1S/C15H21BrO/c1-9-7-10(2)12(11(3)8-9)13(16)14(17)15(4,5)6/h7-8,13H,1-6H3. The Labute approximate surface area is 113 Å². The van der Waals surface area contributed by atoms with Gasteiger partial charge in [0.25, 0.3) is 0 Å². The van der Waals surface area contributed by atoms with Crippen molar-refractivity contribution in [2.45, 2.75) is 46.4 Å². The van der Waals surface area contributed by atoms with Crippen molar-refractivity contribution in [1.29, 1.82) is 0 Å². The van der Waals surface area contributed by atoms with Crippen LogP contribution >= 0.6 is 15.9 Å². The van der Waals surface area contributed by atoms with Gasteiger partial charge in [-0.05, 0) is 37.5 Å². The fourth-order valence-corrected chi connectivity index (χ4v) is 3.51. The SMILES string of the molecule is Cc1cc(C)c(C(Br)C(=O)C(C)(C)C)c(C)c1. The van der Waals surface area contributed by atoms with Crippen LogP contribution in [0.3, 0.4) is 0 Å². The number of rotatable bonds is 2. The number of alkyl halides is 1. The van der Waals surface area contributed by atoms with Crippen molar-refractivity contribution in [3.8, 4) is 0 Å². The molecule has 0 heterocycles. The largest absolute Gasteiger partial charge is 0.297 e. The Balaban J connectivity index is 3.22. The molecule has 0 aromatic heterocycles. The van der Waals surface area contributed by atoms with E-state index in [1.54, 1.807) is 0 Å². The summed E-state index contributed by atoms with van der Waals surface area (Å²) >= 11 is 3.56. The molecule has 0 radical (unpaired) electrons. The van der Waals surface area contributed by atoms with Crippen LogP contribution in [0.25, 0.3) is 0 Å². The topological polar surface area (TPSA) is 17.1 Å². The lowest BCUT2D eigenvalue weighted by Crippen LogP contribution is -2.24. The molecule has 0 saturated heterocycles. The summed E-state index contributed by atoms with van der Waals surface area (Å²) in [6, 6.07) is 4.26. The molecule has 1 rings (SSSR count). The number of hydrogen-bond acceptors (Lipinski definition) is 1. The van der Waals surface area contributed by atoms with Gasteiger partial charge >= 0.3 is 0 Å². The van der Waals surface area contributed by atoms with Gasteiger partial charge in [0.1, 0.15) is 0 Å². The van der Waals surface area contributed by atoms with Gasteiger partial charge in [-0.1, -0.05) is 54.4 Å². The molecule has 0 N–H and O–H groups in total. The van der Waals surface area contributed by atoms with Crippen LogP contribution in [0.2, 0.25) is 0 Å². The maximum absolute atomic E-state index is 12.3. The number of aryl methyl sites for hydroxylation is 3. The first-order chi connectivity index (χ1) is 7.64. The lowest BCUT2D eigenvalue weighted by Gasteiger charge is -2.23. The van der Waals surface area contributed by atoms with Gasteiger partial charge in [0, 0.05) is 5.41 Å². The van der Waals surface area contributed by atoms with Crippen molar-refractivity contribution in [2.75, 3.05) is 0 Å². The summed E-state index contributed by atoms with van der Waals surface area (Å²) in [5.41, 5.74) is 4.41. The average Bonchev–Trinajstić information content (AvgIpc) is 2.13. The summed E-state index contributed by atoms with van der Waals surface area (Å²) in [5.74, 6) is 0.229. The van der Waals surface area contributed by atoms with Gasteiger partial charge in [-0.25, -0.2) is 0 Å². The Hall–Kier alpha value is -0.630. The number of carbonyl (C=O) groups excluding carboxylic acids is 1. The second-order valence-electron chi connectivity index (χ2n) is 5.79. The van der Waals surface area contributed by atoms with Crippen LogP contribution in [0.4, 0.5) is 0 Å². The molecule has 1 aromatic rings. The van der Waals surface area contributed by atoms with E-state index in [0.717, 1.165) is 5.56 Å². The quantitative estimate of drug-likeness (QED) is 0.725. The minimum absolute atomic E-state index is 0.205. The predicted molar refractivity (Wildman–Crippen MR) is 76.8 cm³/mol. The third-order valence-electron chi connectivity index (χ3n) is 2.96. The van der Waals surface area contributed by atoms with Crippen LogP contribution in [-0.2, 0) is 4.79 Å². The summed E-state index contributed by atoms with van der Waals surface area (Å²) in [4.78, 5) is 12.1. The Morgan fingerprint density at radius 2 is 1.53 bits per heavy atom. The summed E-state index contributed by atoms with van der Waals surface area (Å²) in [6.45, 7) is 12.1. The monoisotopic (exact) mass is 296 g/mol. The molecule has 0 aliphatic heterocycles. The van der Waals surface area contributed by atoms with Crippen LogP contribution in [0.15, 0.2) is 12.1 Å². The molecule has 17 heavy (non-hydrogen) atoms. The number of ketones is 1. The first kappa shape index (κ1) is 14.4. The highest BCUT2D eigenvalue weighted by Gasteiger charge is 2.30. The number of halogens is 1. The van der Waals surface area contributed by atoms with E-state index in [1.165, 1.54) is 16.7 Å². The molecular formula is C15H21BrO. The van der Waals surface area contributed by atoms with Crippen LogP contribution in [0.1, 0.15) is 47.9 Å². The first-order valence-corrected chi connectivity index (χ1v) is 6.82. The molecule has 1 unspecified atom stereocenters. The minimum atomic E-state index is -0.321. The third-order valence-corrected chi connectivity index (χ3v) is 3.83. The van der Waals surface area contributed by atoms with E-state index in [0.29, 0.717) is 0 Å². The Kier molecular flexibility index (Phi) is 4.19. The van der Waals surface area contributed by atoms with Crippen LogP contribution < -0.4 is 0 Å². The van der Waals surface area contributed by atoms with Gasteiger partial charge in [-0.2, -0.15) is 0 Å². The second-order valence-corrected chi connectivity index (χ2v) is 6.70. The number of hydrogen-bond donors (Lipinski definition) is 0. The van der Waals surface area contributed by atoms with E-state index in [1.807, 2.05) is 20.8 Å². The summed E-state index contributed by atoms with van der Waals surface area (Å²) in [5, 5.41) is 0. The van der Waals surface area contributed by atoms with E-state index in [4.69, 9.17) is 0 Å². The lowest BCUT2D eigenvalue weighted by atomic mass is 9.84. The van der Waals surface area contributed by atoms with Gasteiger partial charge < -0.3 is 0 Å². The molecule has 0 amide bonds. The van der Waals surface area contributed by atoms with Gasteiger partial charge in [-0.3, -0.25) is 4.79 Å². The van der Waals surface area contributed by atoms with Crippen LogP contribution in [0.5, 0.6) is 0 Å². The molecule has 1 atom stereocenters. The van der Waals surface area contributed by atoms with Gasteiger partial charge in [-0.15, -0.1) is 0 Å². The predicted octanol–water partition coefficient (Wildman–Crippen LogP) is 4.66. The molecule has 2 heteroatoms. The molecule has 0 aliphatic carbocycles. The van der Waals surface area contributed by atoms with E-state index >= 15 is 0 Å². The average molecular weight is 297 g/mol. The molecule has 0 spiro atoms. The number of carbonyl (C=O) groups is 1. The lowest BCUT2D eigenvalue weighted by molar-refractivity contribution is -0.125. The van der Waals surface area contributed by atoms with Crippen LogP contribution in [0, 0.1) is 26.2 Å². The fraction of sp³-hybridized carbons (Fsp3) is 0.533. The Bertz CT molecular complexity index is 418. The smallest absolute Gasteiger partial charge is 0.156 e. The molecule has 0 bridgehead atoms. The van der Waals surface area contributed by atoms with Gasteiger partial charge in [0.15, 0.2) is 5.78 Å². The zero-order chi connectivity index (χ0) is 13.4. The van der Waals surface area contributed by atoms with Crippen molar-refractivity contribution in [1.82, 2.24) is 0 Å². The Morgan fingerprint density at radius 3 is 1.88 bits per heavy atom. The molecule has 0 fully saturated rings. The number of Topliss-reactive ketones (excluding diaryl/α,β-unsaturated/α-hetero) is 1. The Morgan fingerprint density at radius 1 is 1.12 bits per heavy atom. The van der Waals surface area contributed by atoms with Crippen molar-refractivity contribution in [2.24, 2.45) is 5.41 Å². The normalized spacial score (nSPS) is 13.6. The van der Waals surface area contributed by atoms with Crippen molar-refractivity contribution in [3.05, 3.63) is 34.4 Å². The van der Waals surface area contributed by atoms with Gasteiger partial charge in [0.2, 0.25) is 0 Å². The maximum atomic E-state index is 12.3. The highest BCUT2D eigenvalue weighted by atomic mass is 79.9. The van der Waals surface area contributed by atoms with E-state index in [2.05, 4.69) is 48.8 Å². The zero-order valence-electron chi connectivity index (χ0n) is 11.5. The molecule has 1 aromatic carbocycles. The zero-order valence-corrected chi connectivity index (χ0v) is 13.1. The van der Waals surface area contributed by atoms with E-state index < -0.39 is 0 Å². The highest BCUT2D eigenvalue weighted by molar-refractivity contribution is 9.09. The first-order valence-electron chi connectivity index (χ1n) is 5.90. The van der Waals surface area contributed by atoms with Crippen LogP contribution in [-0.4, -0.2) is 5.78 Å². The molecular weight excluding hydrogens is 276 g/mol. The van der Waals surface area contributed by atoms with Crippen molar-refractivity contribution in [3.63, 3.8) is 0 Å². The fourth-order valence-electron chi connectivity index (χ4n) is 2.10. The second kappa shape index (κ2) is 4.93. The van der Waals surface area contributed by atoms with E-state index in [-0.39, 0.29) is 16.0 Å². The molecule has 94 valence electrons. The van der Waals surface area contributed by atoms with E-state index in [9.17, 15) is 4.79 Å². The summed E-state index contributed by atoms with van der Waals surface area (Å²) in [6.07, 6.45) is 0. The molecule has 0 aliphatic rings. The maximum Gasteiger partial charge on any atom is 0.156 e. The summed E-state index contributed by atoms with van der Waals surface area (Å²) in [7, 11) is 0. The third kappa shape index (κ3) is 3.19. The molecule has 1 nitrogen and oxygen atoms in total. The minimum Gasteiger partial charge on any atom is -0.297 e. The highest BCUT2D eigenvalue weighted by Crippen LogP contribution is 2.35. The van der Waals surface area contributed by atoms with Crippen molar-refractivity contribution < 1.29 is 4.79 Å². The van der Waals surface area contributed by atoms with Crippen molar-refractivity contribution >= 4 is 21.7 Å². The number of benzene rings is 1.